The number of rotatable bonds is 2. The van der Waals surface area contributed by atoms with E-state index < -0.39 is 0 Å². The number of nitrogens with zero attached hydrogens (tertiary/aromatic N) is 2. The number of hydrogen-bond acceptors (Lipinski definition) is 2. The Kier molecular flexibility index (Phi) is 4.03. The van der Waals surface area contributed by atoms with Crippen LogP contribution < -0.4 is 0 Å². The lowest BCUT2D eigenvalue weighted by atomic mass is 10.2. The maximum absolute atomic E-state index is 2.44. The van der Waals surface area contributed by atoms with Crippen molar-refractivity contribution >= 4 is 0 Å². The standard InChI is InChI=1S/C11H20N2/c1-4-6-11(5-2)13-9-7-12(3)8-10-13/h4-6H,7-10H2,1-3H3. The van der Waals surface area contributed by atoms with Crippen LogP contribution in [0.5, 0.6) is 0 Å². The van der Waals surface area contributed by atoms with Crippen LogP contribution in [0.1, 0.15) is 13.8 Å². The van der Waals surface area contributed by atoms with Gasteiger partial charge in [0.1, 0.15) is 0 Å². The summed E-state index contributed by atoms with van der Waals surface area (Å²) in [4.78, 5) is 4.82. The van der Waals surface area contributed by atoms with Gasteiger partial charge in [0.15, 0.2) is 0 Å². The van der Waals surface area contributed by atoms with Gasteiger partial charge in [-0.25, -0.2) is 0 Å². The Morgan fingerprint density at radius 2 is 1.69 bits per heavy atom. The SMILES string of the molecule is CC=CC(=CC)N1CCN(C)CC1. The third kappa shape index (κ3) is 2.88. The summed E-state index contributed by atoms with van der Waals surface area (Å²) in [5.74, 6) is 0. The molecule has 0 unspecified atom stereocenters. The number of likely N-dealkylation sites (N-methyl/N-ethyl adjacent to an activating group) is 1. The highest BCUT2D eigenvalue weighted by Crippen LogP contribution is 2.09. The van der Waals surface area contributed by atoms with Gasteiger partial charge in [-0.3, -0.25) is 0 Å². The van der Waals surface area contributed by atoms with Crippen molar-refractivity contribution in [3.05, 3.63) is 23.9 Å². The first-order valence-electron chi connectivity index (χ1n) is 5.00. The smallest absolute Gasteiger partial charge is 0.0320 e. The van der Waals surface area contributed by atoms with E-state index >= 15 is 0 Å². The Labute approximate surface area is 81.5 Å². The van der Waals surface area contributed by atoms with E-state index in [-0.39, 0.29) is 0 Å². The summed E-state index contributed by atoms with van der Waals surface area (Å²) in [5.41, 5.74) is 1.36. The highest BCUT2D eigenvalue weighted by Gasteiger charge is 2.13. The molecular weight excluding hydrogens is 160 g/mol. The van der Waals surface area contributed by atoms with Gasteiger partial charge in [0.25, 0.3) is 0 Å². The largest absolute Gasteiger partial charge is 0.369 e. The number of hydrogen-bond donors (Lipinski definition) is 0. The Bertz CT molecular complexity index is 198. The molecular formula is C11H20N2. The van der Waals surface area contributed by atoms with E-state index in [1.54, 1.807) is 0 Å². The quantitative estimate of drug-likeness (QED) is 0.597. The summed E-state index contributed by atoms with van der Waals surface area (Å²) in [6.45, 7) is 8.83. The molecule has 0 saturated carbocycles. The molecule has 0 aromatic heterocycles. The van der Waals surface area contributed by atoms with Crippen molar-refractivity contribution in [2.24, 2.45) is 0 Å². The van der Waals surface area contributed by atoms with Crippen LogP contribution in [0.3, 0.4) is 0 Å². The van der Waals surface area contributed by atoms with Crippen molar-refractivity contribution in [1.82, 2.24) is 9.80 Å². The van der Waals surface area contributed by atoms with Gasteiger partial charge < -0.3 is 9.80 Å². The van der Waals surface area contributed by atoms with E-state index in [0.717, 1.165) is 13.1 Å². The van der Waals surface area contributed by atoms with Crippen LogP contribution >= 0.6 is 0 Å². The van der Waals surface area contributed by atoms with Crippen LogP contribution in [0.4, 0.5) is 0 Å². The molecule has 0 aromatic carbocycles. The van der Waals surface area contributed by atoms with Gasteiger partial charge in [-0.2, -0.15) is 0 Å². The van der Waals surface area contributed by atoms with E-state index in [1.807, 2.05) is 0 Å². The zero-order valence-corrected chi connectivity index (χ0v) is 8.95. The molecule has 1 aliphatic heterocycles. The fourth-order valence-electron chi connectivity index (χ4n) is 1.62. The summed E-state index contributed by atoms with van der Waals surface area (Å²) in [6, 6.07) is 0. The second kappa shape index (κ2) is 5.07. The van der Waals surface area contributed by atoms with Crippen molar-refractivity contribution in [3.63, 3.8) is 0 Å². The second-order valence-corrected chi connectivity index (χ2v) is 3.50. The molecule has 0 radical (unpaired) electrons. The molecule has 1 saturated heterocycles. The Morgan fingerprint density at radius 3 is 2.15 bits per heavy atom. The zero-order chi connectivity index (χ0) is 9.68. The normalized spacial score (nSPS) is 21.5. The van der Waals surface area contributed by atoms with Gasteiger partial charge in [0.05, 0.1) is 0 Å². The third-order valence-corrected chi connectivity index (χ3v) is 2.50. The van der Waals surface area contributed by atoms with Crippen LogP contribution in [0, 0.1) is 0 Å². The maximum Gasteiger partial charge on any atom is 0.0320 e. The molecule has 1 rings (SSSR count). The molecule has 2 nitrogen and oxygen atoms in total. The Balaban J connectivity index is 2.52. The van der Waals surface area contributed by atoms with E-state index in [1.165, 1.54) is 18.8 Å². The first-order valence-corrected chi connectivity index (χ1v) is 5.00. The van der Waals surface area contributed by atoms with Crippen molar-refractivity contribution < 1.29 is 0 Å². The first-order chi connectivity index (χ1) is 6.27. The lowest BCUT2D eigenvalue weighted by Crippen LogP contribution is -2.43. The van der Waals surface area contributed by atoms with E-state index in [4.69, 9.17) is 0 Å². The fourth-order valence-corrected chi connectivity index (χ4v) is 1.62. The lowest BCUT2D eigenvalue weighted by Gasteiger charge is -2.34. The predicted octanol–water partition coefficient (Wildman–Crippen LogP) is 1.71. The Hall–Kier alpha value is -0.760. The van der Waals surface area contributed by atoms with Gasteiger partial charge in [-0.1, -0.05) is 12.2 Å². The van der Waals surface area contributed by atoms with Gasteiger partial charge in [-0.15, -0.1) is 0 Å². The van der Waals surface area contributed by atoms with Gasteiger partial charge >= 0.3 is 0 Å². The van der Waals surface area contributed by atoms with E-state index in [9.17, 15) is 0 Å². The van der Waals surface area contributed by atoms with Crippen LogP contribution in [-0.2, 0) is 0 Å². The molecule has 0 aliphatic carbocycles. The summed E-state index contributed by atoms with van der Waals surface area (Å²) in [5, 5.41) is 0. The highest BCUT2D eigenvalue weighted by atomic mass is 15.2. The summed E-state index contributed by atoms with van der Waals surface area (Å²) in [6.07, 6.45) is 6.48. The molecule has 0 N–H and O–H groups in total. The van der Waals surface area contributed by atoms with Crippen molar-refractivity contribution in [2.45, 2.75) is 13.8 Å². The molecule has 0 bridgehead atoms. The maximum atomic E-state index is 2.44. The third-order valence-electron chi connectivity index (χ3n) is 2.50. The molecule has 0 amide bonds. The van der Waals surface area contributed by atoms with Gasteiger partial charge in [-0.05, 0) is 27.0 Å². The monoisotopic (exact) mass is 180 g/mol. The average molecular weight is 180 g/mol. The minimum atomic E-state index is 1.15. The van der Waals surface area contributed by atoms with Crippen molar-refractivity contribution in [1.29, 1.82) is 0 Å². The molecule has 1 heterocycles. The van der Waals surface area contributed by atoms with Crippen LogP contribution in [0.15, 0.2) is 23.9 Å². The van der Waals surface area contributed by atoms with Gasteiger partial charge in [0, 0.05) is 31.9 Å². The highest BCUT2D eigenvalue weighted by molar-refractivity contribution is 5.16. The van der Waals surface area contributed by atoms with Gasteiger partial charge in [0.2, 0.25) is 0 Å². The van der Waals surface area contributed by atoms with Crippen LogP contribution in [0.25, 0.3) is 0 Å². The minimum Gasteiger partial charge on any atom is -0.369 e. The number of piperazine rings is 1. The van der Waals surface area contributed by atoms with Crippen LogP contribution in [0.2, 0.25) is 0 Å². The molecule has 1 aliphatic rings. The summed E-state index contributed by atoms with van der Waals surface area (Å²) >= 11 is 0. The Morgan fingerprint density at radius 1 is 1.08 bits per heavy atom. The minimum absolute atomic E-state index is 1.15. The first kappa shape index (κ1) is 10.3. The summed E-state index contributed by atoms with van der Waals surface area (Å²) < 4.78 is 0. The molecule has 0 atom stereocenters. The molecule has 74 valence electrons. The molecule has 0 spiro atoms. The number of allylic oxidation sites excluding steroid dienone is 3. The average Bonchev–Trinajstić information content (AvgIpc) is 2.16. The van der Waals surface area contributed by atoms with Crippen molar-refractivity contribution in [3.8, 4) is 0 Å². The fraction of sp³-hybridized carbons (Fsp3) is 0.636. The zero-order valence-electron chi connectivity index (χ0n) is 8.95. The van der Waals surface area contributed by atoms with E-state index in [2.05, 4.69) is 48.9 Å². The topological polar surface area (TPSA) is 6.48 Å². The van der Waals surface area contributed by atoms with Crippen molar-refractivity contribution in [2.75, 3.05) is 33.2 Å². The second-order valence-electron chi connectivity index (χ2n) is 3.50. The predicted molar refractivity (Wildman–Crippen MR) is 57.6 cm³/mol. The lowest BCUT2D eigenvalue weighted by molar-refractivity contribution is 0.190. The molecule has 0 aromatic rings. The summed E-state index contributed by atoms with van der Waals surface area (Å²) in [7, 11) is 2.18. The molecule has 1 fully saturated rings. The van der Waals surface area contributed by atoms with E-state index in [0.29, 0.717) is 0 Å². The van der Waals surface area contributed by atoms with Crippen LogP contribution in [-0.4, -0.2) is 43.0 Å². The molecule has 2 heteroatoms. The molecule has 13 heavy (non-hydrogen) atoms.